The predicted octanol–water partition coefficient (Wildman–Crippen LogP) is 3.69. The van der Waals surface area contributed by atoms with Crippen LogP contribution in [0.15, 0.2) is 29.1 Å². The average Bonchev–Trinajstić information content (AvgIpc) is 3.35. The summed E-state index contributed by atoms with van der Waals surface area (Å²) in [6, 6.07) is 7.88. The van der Waals surface area contributed by atoms with Crippen LogP contribution in [0.1, 0.15) is 80.9 Å². The van der Waals surface area contributed by atoms with Crippen LogP contribution in [0, 0.1) is 12.8 Å². The number of piperidine rings is 1. The fourth-order valence-electron chi connectivity index (χ4n) is 5.66. The van der Waals surface area contributed by atoms with Crippen molar-refractivity contribution in [3.8, 4) is 0 Å². The number of carbonyl (C=O) groups excluding carboxylic acids is 1. The van der Waals surface area contributed by atoms with Gasteiger partial charge < -0.3 is 9.72 Å². The van der Waals surface area contributed by atoms with Crippen LogP contribution in [0.3, 0.4) is 0 Å². The van der Waals surface area contributed by atoms with Crippen molar-refractivity contribution >= 4 is 16.9 Å². The van der Waals surface area contributed by atoms with Crippen molar-refractivity contribution in [3.05, 3.63) is 51.6 Å². The number of carbonyl (C=O) groups is 1. The number of aryl methyl sites for hydroxylation is 1. The third-order valence-corrected chi connectivity index (χ3v) is 7.52. The van der Waals surface area contributed by atoms with Crippen molar-refractivity contribution in [1.82, 2.24) is 30.1 Å². The van der Waals surface area contributed by atoms with Crippen molar-refractivity contribution in [2.75, 3.05) is 19.7 Å². The highest BCUT2D eigenvalue weighted by Crippen LogP contribution is 2.35. The molecular weight excluding hydrogens is 444 g/mol. The first kappa shape index (κ1) is 23.7. The van der Waals surface area contributed by atoms with Gasteiger partial charge in [-0.2, -0.15) is 0 Å². The zero-order valence-corrected chi connectivity index (χ0v) is 20.6. The molecule has 3 aromatic rings. The van der Waals surface area contributed by atoms with E-state index in [2.05, 4.69) is 31.5 Å². The van der Waals surface area contributed by atoms with E-state index in [-0.39, 0.29) is 29.5 Å². The molecule has 1 aliphatic heterocycles. The number of hydrogen-bond donors (Lipinski definition) is 1. The number of likely N-dealkylation sites (tertiary alicyclic amines) is 1. The number of ether oxygens (including phenoxy) is 1. The molecule has 1 aliphatic carbocycles. The van der Waals surface area contributed by atoms with Crippen LogP contribution in [0.25, 0.3) is 10.9 Å². The van der Waals surface area contributed by atoms with Crippen molar-refractivity contribution < 1.29 is 9.53 Å². The lowest BCUT2D eigenvalue weighted by molar-refractivity contribution is -0.149. The van der Waals surface area contributed by atoms with E-state index in [1.807, 2.05) is 36.7 Å². The first-order chi connectivity index (χ1) is 17.0. The highest BCUT2D eigenvalue weighted by molar-refractivity contribution is 5.79. The maximum absolute atomic E-state index is 13.4. The van der Waals surface area contributed by atoms with Gasteiger partial charge in [0.05, 0.1) is 18.6 Å². The Balaban J connectivity index is 1.54. The third kappa shape index (κ3) is 4.87. The first-order valence-electron chi connectivity index (χ1n) is 12.9. The zero-order chi connectivity index (χ0) is 24.4. The largest absolute Gasteiger partial charge is 0.466 e. The molecule has 1 aromatic carbocycles. The quantitative estimate of drug-likeness (QED) is 0.539. The molecule has 186 valence electrons. The van der Waals surface area contributed by atoms with Gasteiger partial charge in [-0.1, -0.05) is 30.9 Å². The van der Waals surface area contributed by atoms with Gasteiger partial charge in [0.15, 0.2) is 5.82 Å². The summed E-state index contributed by atoms with van der Waals surface area (Å²) in [5.74, 6) is 0.470. The van der Waals surface area contributed by atoms with Crippen LogP contribution in [-0.4, -0.2) is 55.8 Å². The summed E-state index contributed by atoms with van der Waals surface area (Å²) in [5.41, 5.74) is 2.46. The number of tetrazole rings is 1. The molecule has 0 amide bonds. The van der Waals surface area contributed by atoms with Crippen LogP contribution >= 0.6 is 0 Å². The maximum Gasteiger partial charge on any atom is 0.309 e. The van der Waals surface area contributed by atoms with Gasteiger partial charge in [-0.05, 0) is 73.5 Å². The molecule has 35 heavy (non-hydrogen) atoms. The Labute approximate surface area is 204 Å². The Kier molecular flexibility index (Phi) is 6.95. The van der Waals surface area contributed by atoms with E-state index in [1.165, 1.54) is 6.42 Å². The van der Waals surface area contributed by atoms with Crippen LogP contribution in [0.4, 0.5) is 0 Å². The standard InChI is InChI=1S/C26H34N6O3/c1-3-35-26(34)18-11-13-31(14-12-18)23(24-28-29-30-32(24)20-7-5-4-6-8-20)21-16-19-15-17(2)9-10-22(19)27-25(21)33/h9-10,15-16,18,20,23H,3-8,11-14H2,1-2H3,(H,27,33). The SMILES string of the molecule is CCOC(=O)C1CCN(C(c2cc3cc(C)ccc3[nH]c2=O)c2nnnn2C2CCCCC2)CC1. The lowest BCUT2D eigenvalue weighted by Gasteiger charge is -2.36. The number of benzene rings is 1. The number of esters is 1. The molecule has 2 aliphatic rings. The van der Waals surface area contributed by atoms with Gasteiger partial charge >= 0.3 is 5.97 Å². The average molecular weight is 479 g/mol. The highest BCUT2D eigenvalue weighted by Gasteiger charge is 2.36. The minimum atomic E-state index is -0.385. The summed E-state index contributed by atoms with van der Waals surface area (Å²) in [7, 11) is 0. The van der Waals surface area contributed by atoms with Gasteiger partial charge in [-0.25, -0.2) is 4.68 Å². The second-order valence-corrected chi connectivity index (χ2v) is 9.88. The molecule has 2 aromatic heterocycles. The lowest BCUT2D eigenvalue weighted by Crippen LogP contribution is -2.42. The van der Waals surface area contributed by atoms with E-state index < -0.39 is 0 Å². The van der Waals surface area contributed by atoms with E-state index in [9.17, 15) is 9.59 Å². The number of pyridine rings is 1. The topological polar surface area (TPSA) is 106 Å². The van der Waals surface area contributed by atoms with Crippen molar-refractivity contribution in [3.63, 3.8) is 0 Å². The molecule has 9 nitrogen and oxygen atoms in total. The molecule has 1 N–H and O–H groups in total. The Morgan fingerprint density at radius 3 is 2.66 bits per heavy atom. The van der Waals surface area contributed by atoms with E-state index >= 15 is 0 Å². The van der Waals surface area contributed by atoms with E-state index in [0.29, 0.717) is 43.9 Å². The molecular formula is C26H34N6O3. The van der Waals surface area contributed by atoms with Crippen LogP contribution < -0.4 is 5.56 Å². The minimum Gasteiger partial charge on any atom is -0.466 e. The number of aromatic amines is 1. The second-order valence-electron chi connectivity index (χ2n) is 9.88. The summed E-state index contributed by atoms with van der Waals surface area (Å²) in [5, 5.41) is 13.9. The maximum atomic E-state index is 13.4. The van der Waals surface area contributed by atoms with E-state index in [1.54, 1.807) is 0 Å². The predicted molar refractivity (Wildman–Crippen MR) is 132 cm³/mol. The van der Waals surface area contributed by atoms with Gasteiger partial charge in [0.25, 0.3) is 5.56 Å². The fraction of sp³-hybridized carbons (Fsp3) is 0.577. The summed E-state index contributed by atoms with van der Waals surface area (Å²) in [4.78, 5) is 31.1. The number of H-pyrrole nitrogens is 1. The van der Waals surface area contributed by atoms with E-state index in [4.69, 9.17) is 4.74 Å². The smallest absolute Gasteiger partial charge is 0.309 e. The molecule has 2 fully saturated rings. The monoisotopic (exact) mass is 478 g/mol. The van der Waals surface area contributed by atoms with Crippen LogP contribution in [-0.2, 0) is 9.53 Å². The molecule has 5 rings (SSSR count). The molecule has 1 atom stereocenters. The summed E-state index contributed by atoms with van der Waals surface area (Å²) in [6.45, 7) is 5.60. The number of nitrogens with zero attached hydrogens (tertiary/aromatic N) is 5. The normalized spacial score (nSPS) is 19.1. The molecule has 1 saturated heterocycles. The van der Waals surface area contributed by atoms with E-state index in [0.717, 1.165) is 42.1 Å². The number of aromatic nitrogens is 5. The third-order valence-electron chi connectivity index (χ3n) is 7.52. The Bertz CT molecular complexity index is 1240. The van der Waals surface area contributed by atoms with Gasteiger partial charge in [0.2, 0.25) is 0 Å². The molecule has 0 spiro atoms. The fourth-order valence-corrected chi connectivity index (χ4v) is 5.66. The van der Waals surface area contributed by atoms with Crippen LogP contribution in [0.2, 0.25) is 0 Å². The van der Waals surface area contributed by atoms with Crippen LogP contribution in [0.5, 0.6) is 0 Å². The second kappa shape index (κ2) is 10.3. The zero-order valence-electron chi connectivity index (χ0n) is 20.6. The highest BCUT2D eigenvalue weighted by atomic mass is 16.5. The Morgan fingerprint density at radius 1 is 1.14 bits per heavy atom. The first-order valence-corrected chi connectivity index (χ1v) is 12.9. The summed E-state index contributed by atoms with van der Waals surface area (Å²) in [6.07, 6.45) is 7.02. The van der Waals surface area contributed by atoms with Crippen molar-refractivity contribution in [1.29, 1.82) is 0 Å². The van der Waals surface area contributed by atoms with Crippen molar-refractivity contribution in [2.24, 2.45) is 5.92 Å². The Hall–Kier alpha value is -3.07. The minimum absolute atomic E-state index is 0.112. The molecule has 3 heterocycles. The molecule has 1 unspecified atom stereocenters. The van der Waals surface area contributed by atoms with Gasteiger partial charge in [0, 0.05) is 24.2 Å². The lowest BCUT2D eigenvalue weighted by atomic mass is 9.93. The Morgan fingerprint density at radius 2 is 1.91 bits per heavy atom. The number of fused-ring (bicyclic) bond motifs is 1. The van der Waals surface area contributed by atoms with Gasteiger partial charge in [-0.3, -0.25) is 14.5 Å². The number of hydrogen-bond acceptors (Lipinski definition) is 7. The van der Waals surface area contributed by atoms with Crippen molar-refractivity contribution in [2.45, 2.75) is 70.9 Å². The molecule has 1 saturated carbocycles. The molecule has 0 radical (unpaired) electrons. The van der Waals surface area contributed by atoms with Gasteiger partial charge in [-0.15, -0.1) is 5.10 Å². The molecule has 9 heteroatoms. The summed E-state index contributed by atoms with van der Waals surface area (Å²) >= 11 is 0. The van der Waals surface area contributed by atoms with Gasteiger partial charge in [0.1, 0.15) is 6.04 Å². The molecule has 0 bridgehead atoms. The number of nitrogens with one attached hydrogen (secondary N) is 1. The number of rotatable bonds is 6. The summed E-state index contributed by atoms with van der Waals surface area (Å²) < 4.78 is 7.22.